The van der Waals surface area contributed by atoms with Crippen LogP contribution in [-0.2, 0) is 22.5 Å². The highest BCUT2D eigenvalue weighted by Crippen LogP contribution is 2.31. The average molecular weight is 388 g/mol. The molecule has 0 spiro atoms. The molecule has 7 nitrogen and oxygen atoms in total. The van der Waals surface area contributed by atoms with Gasteiger partial charge < -0.3 is 19.9 Å². The van der Waals surface area contributed by atoms with Crippen molar-refractivity contribution in [3.63, 3.8) is 0 Å². The number of aromatic nitrogens is 2. The molecule has 4 heterocycles. The molecule has 0 saturated carbocycles. The Labute approximate surface area is 167 Å². The fourth-order valence-corrected chi connectivity index (χ4v) is 4.54. The Bertz CT molecular complexity index is 724. The summed E-state index contributed by atoms with van der Waals surface area (Å²) in [6.07, 6.45) is 5.19. The topological polar surface area (TPSA) is 70.6 Å². The monoisotopic (exact) mass is 387 g/mol. The number of fused-ring (bicyclic) bond motifs is 1. The van der Waals surface area contributed by atoms with Crippen molar-refractivity contribution in [3.05, 3.63) is 17.1 Å². The molecule has 7 heteroatoms. The average Bonchev–Trinajstić information content (AvgIpc) is 3.13. The molecule has 4 rings (SSSR count). The summed E-state index contributed by atoms with van der Waals surface area (Å²) in [5.74, 6) is 2.41. The third-order valence-corrected chi connectivity index (χ3v) is 6.54. The van der Waals surface area contributed by atoms with Gasteiger partial charge in [-0.3, -0.25) is 4.79 Å². The van der Waals surface area contributed by atoms with Gasteiger partial charge in [0.05, 0.1) is 17.8 Å². The van der Waals surface area contributed by atoms with Crippen molar-refractivity contribution >= 4 is 11.7 Å². The third kappa shape index (κ3) is 4.15. The second-order valence-electron chi connectivity index (χ2n) is 8.88. The molecule has 0 radical (unpaired) electrons. The second-order valence-corrected chi connectivity index (χ2v) is 8.88. The molecule has 1 aromatic rings. The van der Waals surface area contributed by atoms with Crippen molar-refractivity contribution in [3.8, 4) is 0 Å². The Morgan fingerprint density at radius 1 is 1.29 bits per heavy atom. The first-order chi connectivity index (χ1) is 13.4. The highest BCUT2D eigenvalue weighted by molar-refractivity contribution is 5.74. The summed E-state index contributed by atoms with van der Waals surface area (Å²) < 4.78 is 5.95. The molecule has 2 fully saturated rings. The van der Waals surface area contributed by atoms with Crippen molar-refractivity contribution in [2.75, 3.05) is 45.2 Å². The van der Waals surface area contributed by atoms with Gasteiger partial charge in [-0.1, -0.05) is 0 Å². The zero-order chi connectivity index (χ0) is 19.7. The fourth-order valence-electron chi connectivity index (χ4n) is 4.54. The summed E-state index contributed by atoms with van der Waals surface area (Å²) in [5, 5.41) is 3.58. The molecule has 1 aromatic heterocycles. The lowest BCUT2D eigenvalue weighted by atomic mass is 9.95. The predicted octanol–water partition coefficient (Wildman–Crippen LogP) is 2.17. The van der Waals surface area contributed by atoms with Crippen molar-refractivity contribution in [2.45, 2.75) is 64.0 Å². The van der Waals surface area contributed by atoms with Crippen LogP contribution in [0, 0.1) is 0 Å². The van der Waals surface area contributed by atoms with Crippen LogP contribution in [0.2, 0.25) is 0 Å². The molecule has 0 aromatic carbocycles. The first-order valence-corrected chi connectivity index (χ1v) is 10.7. The minimum Gasteiger partial charge on any atom is -0.373 e. The van der Waals surface area contributed by atoms with Crippen LogP contribution < -0.4 is 5.32 Å². The molecule has 1 N–H and O–H groups in total. The van der Waals surface area contributed by atoms with Crippen molar-refractivity contribution in [2.24, 2.45) is 0 Å². The number of likely N-dealkylation sites (tertiary alicyclic amines) is 1. The van der Waals surface area contributed by atoms with E-state index in [1.54, 1.807) is 6.92 Å². The van der Waals surface area contributed by atoms with E-state index in [-0.39, 0.29) is 11.5 Å². The number of carbonyl (C=O) groups is 1. The summed E-state index contributed by atoms with van der Waals surface area (Å²) >= 11 is 0. The van der Waals surface area contributed by atoms with E-state index in [1.807, 2.05) is 4.90 Å². The minimum absolute atomic E-state index is 0.113. The quantitative estimate of drug-likeness (QED) is 0.854. The summed E-state index contributed by atoms with van der Waals surface area (Å²) in [6, 6.07) is 0. The number of piperidine rings is 1. The lowest BCUT2D eigenvalue weighted by Crippen LogP contribution is -2.37. The maximum atomic E-state index is 11.9. The van der Waals surface area contributed by atoms with Crippen LogP contribution in [0.25, 0.3) is 0 Å². The Kier molecular flexibility index (Phi) is 5.56. The van der Waals surface area contributed by atoms with Crippen LogP contribution >= 0.6 is 0 Å². The Morgan fingerprint density at radius 2 is 2.07 bits per heavy atom. The van der Waals surface area contributed by atoms with E-state index >= 15 is 0 Å². The van der Waals surface area contributed by atoms with E-state index in [2.05, 4.69) is 24.2 Å². The molecule has 28 heavy (non-hydrogen) atoms. The lowest BCUT2D eigenvalue weighted by molar-refractivity contribution is -0.129. The molecule has 0 bridgehead atoms. The standard InChI is InChI=1S/C21H33N5O2/c1-15(27)26-11-7-18-17(13-26)20(22-14-21(2)8-4-12-28-21)24-19(23-18)16-5-9-25(3)10-6-16/h16H,4-14H2,1-3H3,(H,22,23,24)/t21-/m1/s1. The molecular formula is C21H33N5O2. The number of hydrogen-bond donors (Lipinski definition) is 1. The van der Waals surface area contributed by atoms with Gasteiger partial charge in [0.25, 0.3) is 0 Å². The van der Waals surface area contributed by atoms with Crippen LogP contribution in [0.4, 0.5) is 5.82 Å². The second kappa shape index (κ2) is 7.95. The highest BCUT2D eigenvalue weighted by atomic mass is 16.5. The number of hydrogen-bond acceptors (Lipinski definition) is 6. The largest absolute Gasteiger partial charge is 0.373 e. The minimum atomic E-state index is -0.138. The van der Waals surface area contributed by atoms with Crippen LogP contribution in [0.15, 0.2) is 0 Å². The van der Waals surface area contributed by atoms with Gasteiger partial charge in [-0.25, -0.2) is 9.97 Å². The molecule has 3 aliphatic rings. The van der Waals surface area contributed by atoms with Gasteiger partial charge in [-0.05, 0) is 52.7 Å². The van der Waals surface area contributed by atoms with Gasteiger partial charge in [0, 0.05) is 44.5 Å². The Hall–Kier alpha value is -1.73. The molecule has 1 amide bonds. The molecular weight excluding hydrogens is 354 g/mol. The van der Waals surface area contributed by atoms with Crippen molar-refractivity contribution < 1.29 is 9.53 Å². The normalized spacial score (nSPS) is 26.3. The van der Waals surface area contributed by atoms with E-state index in [1.165, 1.54) is 0 Å². The summed E-state index contributed by atoms with van der Waals surface area (Å²) in [6.45, 7) is 8.91. The number of rotatable bonds is 4. The molecule has 0 unspecified atom stereocenters. The van der Waals surface area contributed by atoms with E-state index in [0.29, 0.717) is 12.5 Å². The summed E-state index contributed by atoms with van der Waals surface area (Å²) in [5.41, 5.74) is 2.06. The smallest absolute Gasteiger partial charge is 0.219 e. The summed E-state index contributed by atoms with van der Waals surface area (Å²) in [4.78, 5) is 26.1. The lowest BCUT2D eigenvalue weighted by Gasteiger charge is -2.32. The highest BCUT2D eigenvalue weighted by Gasteiger charge is 2.32. The van der Waals surface area contributed by atoms with Crippen LogP contribution in [-0.4, -0.2) is 71.1 Å². The third-order valence-electron chi connectivity index (χ3n) is 6.54. The van der Waals surface area contributed by atoms with E-state index in [9.17, 15) is 4.79 Å². The number of nitrogens with zero attached hydrogens (tertiary/aromatic N) is 4. The van der Waals surface area contributed by atoms with E-state index in [0.717, 1.165) is 87.8 Å². The summed E-state index contributed by atoms with van der Waals surface area (Å²) in [7, 11) is 2.18. The number of amides is 1. The first kappa shape index (κ1) is 19.6. The van der Waals surface area contributed by atoms with Crippen LogP contribution in [0.3, 0.4) is 0 Å². The molecule has 2 saturated heterocycles. The number of nitrogens with one attached hydrogen (secondary N) is 1. The number of anilines is 1. The first-order valence-electron chi connectivity index (χ1n) is 10.7. The maximum Gasteiger partial charge on any atom is 0.219 e. The number of ether oxygens (including phenoxy) is 1. The molecule has 0 aliphatic carbocycles. The van der Waals surface area contributed by atoms with Gasteiger partial charge >= 0.3 is 0 Å². The van der Waals surface area contributed by atoms with E-state index in [4.69, 9.17) is 14.7 Å². The number of carbonyl (C=O) groups excluding carboxylic acids is 1. The van der Waals surface area contributed by atoms with Crippen LogP contribution in [0.1, 0.15) is 62.5 Å². The molecule has 154 valence electrons. The van der Waals surface area contributed by atoms with Gasteiger partial charge in [-0.15, -0.1) is 0 Å². The van der Waals surface area contributed by atoms with Crippen molar-refractivity contribution in [1.82, 2.24) is 19.8 Å². The van der Waals surface area contributed by atoms with Crippen molar-refractivity contribution in [1.29, 1.82) is 0 Å². The Balaban J connectivity index is 1.60. The van der Waals surface area contributed by atoms with Gasteiger partial charge in [-0.2, -0.15) is 0 Å². The fraction of sp³-hybridized carbons (Fsp3) is 0.762. The maximum absolute atomic E-state index is 11.9. The van der Waals surface area contributed by atoms with E-state index < -0.39 is 0 Å². The zero-order valence-electron chi connectivity index (χ0n) is 17.5. The van der Waals surface area contributed by atoms with Crippen LogP contribution in [0.5, 0.6) is 0 Å². The van der Waals surface area contributed by atoms with Gasteiger partial charge in [0.15, 0.2) is 0 Å². The molecule has 1 atom stereocenters. The van der Waals surface area contributed by atoms with Gasteiger partial charge in [0.2, 0.25) is 5.91 Å². The Morgan fingerprint density at radius 3 is 2.75 bits per heavy atom. The predicted molar refractivity (Wildman–Crippen MR) is 108 cm³/mol. The SMILES string of the molecule is CC(=O)N1CCc2nc(C3CCN(C)CC3)nc(NC[C@@]3(C)CCCO3)c2C1. The molecule has 3 aliphatic heterocycles. The zero-order valence-corrected chi connectivity index (χ0v) is 17.5. The van der Waals surface area contributed by atoms with Gasteiger partial charge in [0.1, 0.15) is 11.6 Å².